The maximum absolute atomic E-state index is 12.0. The molecule has 1 heterocycles. The van der Waals surface area contributed by atoms with Crippen LogP contribution in [0.2, 0.25) is 0 Å². The van der Waals surface area contributed by atoms with E-state index in [1.54, 1.807) is 0 Å². The molecule has 1 amide bonds. The number of hydrogen-bond acceptors (Lipinski definition) is 2. The first-order chi connectivity index (χ1) is 7.58. The van der Waals surface area contributed by atoms with Crippen molar-refractivity contribution in [3.63, 3.8) is 0 Å². The molecule has 1 aliphatic rings. The van der Waals surface area contributed by atoms with Gasteiger partial charge in [0.05, 0.1) is 0 Å². The zero-order valence-corrected chi connectivity index (χ0v) is 9.81. The van der Waals surface area contributed by atoms with Crippen LogP contribution < -0.4 is 11.1 Å². The second kappa shape index (κ2) is 4.29. The third-order valence-corrected chi connectivity index (χ3v) is 3.08. The van der Waals surface area contributed by atoms with E-state index in [1.807, 2.05) is 22.9 Å². The van der Waals surface area contributed by atoms with Crippen LogP contribution in [0.4, 0.5) is 0 Å². The van der Waals surface area contributed by atoms with E-state index in [0.717, 1.165) is 18.5 Å². The highest BCUT2D eigenvalue weighted by Crippen LogP contribution is 2.18. The minimum absolute atomic E-state index is 0.00981. The fourth-order valence-electron chi connectivity index (χ4n) is 2.08. The van der Waals surface area contributed by atoms with Gasteiger partial charge in [-0.3, -0.25) is 4.79 Å². The summed E-state index contributed by atoms with van der Waals surface area (Å²) in [6, 6.07) is 4.59. The first kappa shape index (κ1) is 11.2. The predicted molar refractivity (Wildman–Crippen MR) is 63.3 cm³/mol. The van der Waals surface area contributed by atoms with Crippen LogP contribution in [0.3, 0.4) is 0 Å². The first-order valence-electron chi connectivity index (χ1n) is 5.81. The van der Waals surface area contributed by atoms with Gasteiger partial charge in [0.15, 0.2) is 0 Å². The molecule has 0 unspecified atom stereocenters. The van der Waals surface area contributed by atoms with E-state index in [2.05, 4.69) is 19.2 Å². The number of rotatable bonds is 3. The molecule has 0 atom stereocenters. The van der Waals surface area contributed by atoms with Crippen molar-refractivity contribution in [1.82, 2.24) is 9.88 Å². The van der Waals surface area contributed by atoms with Gasteiger partial charge in [0.25, 0.3) is 5.91 Å². The molecule has 2 rings (SSSR count). The monoisotopic (exact) mass is 221 g/mol. The van der Waals surface area contributed by atoms with E-state index in [4.69, 9.17) is 5.73 Å². The average Bonchev–Trinajstić information content (AvgIpc) is 2.63. The Morgan fingerprint density at radius 1 is 1.56 bits per heavy atom. The predicted octanol–water partition coefficient (Wildman–Crippen LogP) is 1.29. The molecule has 3 N–H and O–H groups in total. The maximum Gasteiger partial charge on any atom is 0.268 e. The van der Waals surface area contributed by atoms with Gasteiger partial charge in [-0.2, -0.15) is 0 Å². The molecule has 4 nitrogen and oxygen atoms in total. The number of nitrogens with one attached hydrogen (secondary N) is 1. The van der Waals surface area contributed by atoms with E-state index in [0.29, 0.717) is 6.04 Å². The Hall–Kier alpha value is -1.29. The lowest BCUT2D eigenvalue weighted by molar-refractivity contribution is 0.0899. The van der Waals surface area contributed by atoms with Crippen molar-refractivity contribution in [2.24, 2.45) is 5.73 Å². The fourth-order valence-corrected chi connectivity index (χ4v) is 2.08. The summed E-state index contributed by atoms with van der Waals surface area (Å²) in [4.78, 5) is 12.0. The minimum atomic E-state index is 0.00981. The summed E-state index contributed by atoms with van der Waals surface area (Å²) in [5.41, 5.74) is 6.42. The molecule has 16 heavy (non-hydrogen) atoms. The fraction of sp³-hybridized carbons (Fsp3) is 0.583. The Morgan fingerprint density at radius 2 is 2.25 bits per heavy atom. The molecule has 0 saturated heterocycles. The van der Waals surface area contributed by atoms with Crippen molar-refractivity contribution < 1.29 is 4.79 Å². The number of nitrogens with zero attached hydrogens (tertiary/aromatic N) is 1. The van der Waals surface area contributed by atoms with Gasteiger partial charge >= 0.3 is 0 Å². The van der Waals surface area contributed by atoms with Crippen LogP contribution >= 0.6 is 0 Å². The van der Waals surface area contributed by atoms with Crippen LogP contribution in [0.15, 0.2) is 18.3 Å². The van der Waals surface area contributed by atoms with Crippen LogP contribution in [-0.2, 0) is 0 Å². The van der Waals surface area contributed by atoms with Crippen LogP contribution in [-0.4, -0.2) is 22.6 Å². The van der Waals surface area contributed by atoms with Crippen LogP contribution in [0, 0.1) is 0 Å². The Balaban J connectivity index is 2.00. The van der Waals surface area contributed by atoms with Gasteiger partial charge < -0.3 is 15.6 Å². The number of aromatic nitrogens is 1. The van der Waals surface area contributed by atoms with Gasteiger partial charge in [0, 0.05) is 24.3 Å². The Kier molecular flexibility index (Phi) is 3.01. The normalized spacial score (nSPS) is 24.2. The van der Waals surface area contributed by atoms with Crippen molar-refractivity contribution >= 4 is 5.91 Å². The van der Waals surface area contributed by atoms with Crippen LogP contribution in [0.25, 0.3) is 0 Å². The van der Waals surface area contributed by atoms with Gasteiger partial charge in [-0.25, -0.2) is 0 Å². The topological polar surface area (TPSA) is 60.0 Å². The molecule has 1 saturated carbocycles. The zero-order valence-electron chi connectivity index (χ0n) is 9.81. The minimum Gasteiger partial charge on any atom is -0.348 e. The standard InChI is InChI=1S/C12H19N3O/c1-8(2)15-5-3-4-11(15)12(16)14-10-6-9(13)7-10/h3-5,8-10H,6-7,13H2,1-2H3,(H,14,16). The summed E-state index contributed by atoms with van der Waals surface area (Å²) in [5, 5.41) is 3.00. The third kappa shape index (κ3) is 2.11. The van der Waals surface area contributed by atoms with Gasteiger partial charge in [-0.15, -0.1) is 0 Å². The molecule has 1 fully saturated rings. The lowest BCUT2D eigenvalue weighted by atomic mass is 9.87. The summed E-state index contributed by atoms with van der Waals surface area (Å²) >= 11 is 0. The largest absolute Gasteiger partial charge is 0.348 e. The summed E-state index contributed by atoms with van der Waals surface area (Å²) in [6.07, 6.45) is 3.73. The van der Waals surface area contributed by atoms with Crippen LogP contribution in [0.1, 0.15) is 43.2 Å². The Bertz CT molecular complexity index is 377. The molecule has 0 radical (unpaired) electrons. The highest BCUT2D eigenvalue weighted by Gasteiger charge is 2.28. The van der Waals surface area contributed by atoms with Crippen molar-refractivity contribution in [3.8, 4) is 0 Å². The SMILES string of the molecule is CC(C)n1cccc1C(=O)NC1CC(N)C1. The summed E-state index contributed by atoms with van der Waals surface area (Å²) in [7, 11) is 0. The summed E-state index contributed by atoms with van der Waals surface area (Å²) in [6.45, 7) is 4.13. The molecule has 1 aromatic rings. The van der Waals surface area contributed by atoms with E-state index in [9.17, 15) is 4.79 Å². The maximum atomic E-state index is 12.0. The second-order valence-electron chi connectivity index (χ2n) is 4.80. The highest BCUT2D eigenvalue weighted by atomic mass is 16.2. The van der Waals surface area contributed by atoms with Gasteiger partial charge in [0.2, 0.25) is 0 Å². The van der Waals surface area contributed by atoms with Gasteiger partial charge in [-0.05, 0) is 38.8 Å². The lowest BCUT2D eigenvalue weighted by Crippen LogP contribution is -2.50. The lowest BCUT2D eigenvalue weighted by Gasteiger charge is -2.33. The summed E-state index contributed by atoms with van der Waals surface area (Å²) < 4.78 is 1.98. The Labute approximate surface area is 95.8 Å². The van der Waals surface area contributed by atoms with E-state index in [-0.39, 0.29) is 18.0 Å². The Morgan fingerprint density at radius 3 is 2.81 bits per heavy atom. The molecule has 0 aromatic carbocycles. The molecular formula is C12H19N3O. The highest BCUT2D eigenvalue weighted by molar-refractivity contribution is 5.93. The molecule has 1 aliphatic carbocycles. The number of carbonyl (C=O) groups is 1. The molecule has 1 aromatic heterocycles. The van der Waals surface area contributed by atoms with E-state index in [1.165, 1.54) is 0 Å². The molecule has 0 spiro atoms. The number of nitrogens with two attached hydrogens (primary N) is 1. The first-order valence-corrected chi connectivity index (χ1v) is 5.81. The van der Waals surface area contributed by atoms with Gasteiger partial charge in [0.1, 0.15) is 5.69 Å². The second-order valence-corrected chi connectivity index (χ2v) is 4.80. The zero-order chi connectivity index (χ0) is 11.7. The van der Waals surface area contributed by atoms with E-state index < -0.39 is 0 Å². The number of carbonyl (C=O) groups excluding carboxylic acids is 1. The summed E-state index contributed by atoms with van der Waals surface area (Å²) in [5.74, 6) is 0.00981. The van der Waals surface area contributed by atoms with Crippen molar-refractivity contribution in [2.75, 3.05) is 0 Å². The van der Waals surface area contributed by atoms with Crippen molar-refractivity contribution in [3.05, 3.63) is 24.0 Å². The van der Waals surface area contributed by atoms with E-state index >= 15 is 0 Å². The number of hydrogen-bond donors (Lipinski definition) is 2. The van der Waals surface area contributed by atoms with Crippen LogP contribution in [0.5, 0.6) is 0 Å². The molecule has 4 heteroatoms. The van der Waals surface area contributed by atoms with Gasteiger partial charge in [-0.1, -0.05) is 0 Å². The van der Waals surface area contributed by atoms with Crippen molar-refractivity contribution in [1.29, 1.82) is 0 Å². The smallest absolute Gasteiger partial charge is 0.268 e. The molecule has 0 aliphatic heterocycles. The average molecular weight is 221 g/mol. The molecular weight excluding hydrogens is 202 g/mol. The molecule has 88 valence electrons. The van der Waals surface area contributed by atoms with Crippen molar-refractivity contribution in [2.45, 2.75) is 44.8 Å². The quantitative estimate of drug-likeness (QED) is 0.808. The molecule has 0 bridgehead atoms. The number of amides is 1. The third-order valence-electron chi connectivity index (χ3n) is 3.08.